The van der Waals surface area contributed by atoms with E-state index in [9.17, 15) is 5.21 Å². The van der Waals surface area contributed by atoms with Crippen LogP contribution in [0.25, 0.3) is 22.8 Å². The van der Waals surface area contributed by atoms with E-state index in [4.69, 9.17) is 9.26 Å². The van der Waals surface area contributed by atoms with E-state index >= 15 is 0 Å². The van der Waals surface area contributed by atoms with Crippen molar-refractivity contribution in [2.24, 2.45) is 5.92 Å². The maximum atomic E-state index is 12.5. The van der Waals surface area contributed by atoms with Crippen molar-refractivity contribution >= 4 is 11.9 Å². The molecule has 0 spiro atoms. The lowest BCUT2D eigenvalue weighted by molar-refractivity contribution is -0.354. The minimum Gasteiger partial charge on any atom is -0.618 e. The summed E-state index contributed by atoms with van der Waals surface area (Å²) in [6.45, 7) is 4.86. The molecule has 0 amide bonds. The largest absolute Gasteiger partial charge is 0.618 e. The lowest BCUT2D eigenvalue weighted by Crippen LogP contribution is -2.04. The van der Waals surface area contributed by atoms with E-state index in [1.54, 1.807) is 24.3 Å². The third-order valence-corrected chi connectivity index (χ3v) is 4.56. The molecule has 0 atom stereocenters. The fourth-order valence-electron chi connectivity index (χ4n) is 2.92. The Balaban J connectivity index is 1.46. The van der Waals surface area contributed by atoms with E-state index in [0.717, 1.165) is 27.2 Å². The van der Waals surface area contributed by atoms with E-state index in [0.29, 0.717) is 29.9 Å². The summed E-state index contributed by atoms with van der Waals surface area (Å²) in [7, 11) is 0. The normalized spacial score (nSPS) is 11.6. The third kappa shape index (κ3) is 5.17. The average Bonchev–Trinajstić information content (AvgIpc) is 3.30. The van der Waals surface area contributed by atoms with Crippen molar-refractivity contribution in [2.75, 3.05) is 6.61 Å². The Morgan fingerprint density at radius 1 is 0.935 bits per heavy atom. The monoisotopic (exact) mass is 413 g/mol. The lowest BCUT2D eigenvalue weighted by atomic mass is 10.2. The first-order valence-corrected chi connectivity index (χ1v) is 10.1. The molecule has 0 aliphatic carbocycles. The van der Waals surface area contributed by atoms with Gasteiger partial charge in [-0.05, 0) is 42.3 Å². The molecule has 1 aromatic heterocycles. The number of benzene rings is 3. The summed E-state index contributed by atoms with van der Waals surface area (Å²) < 4.78 is 11.9. The molecule has 4 rings (SSSR count). The van der Waals surface area contributed by atoms with Crippen LogP contribution in [0.3, 0.4) is 0 Å². The molecule has 156 valence electrons. The summed E-state index contributed by atoms with van der Waals surface area (Å²) in [5.41, 5.74) is 2.93. The van der Waals surface area contributed by atoms with Crippen LogP contribution in [0.5, 0.6) is 5.75 Å². The molecule has 1 heterocycles. The third-order valence-electron chi connectivity index (χ3n) is 4.56. The van der Waals surface area contributed by atoms with Crippen LogP contribution in [0.2, 0.25) is 0 Å². The maximum absolute atomic E-state index is 12.5. The molecule has 4 aromatic rings. The van der Waals surface area contributed by atoms with Gasteiger partial charge in [-0.3, -0.25) is 0 Å². The van der Waals surface area contributed by atoms with E-state index in [2.05, 4.69) is 24.0 Å². The molecule has 0 saturated carbocycles. The van der Waals surface area contributed by atoms with Crippen molar-refractivity contribution in [3.05, 3.63) is 89.6 Å². The number of hydrogen-bond donors (Lipinski definition) is 0. The van der Waals surface area contributed by atoms with Crippen molar-refractivity contribution in [2.45, 2.75) is 13.8 Å². The molecular weight excluding hydrogens is 390 g/mol. The predicted molar refractivity (Wildman–Crippen MR) is 120 cm³/mol. The first kappa shape index (κ1) is 20.3. The zero-order valence-electron chi connectivity index (χ0n) is 17.4. The van der Waals surface area contributed by atoms with Gasteiger partial charge in [0.15, 0.2) is 6.21 Å². The second-order valence-corrected chi connectivity index (χ2v) is 7.56. The number of ether oxygens (including phenoxy) is 1. The molecular formula is C25H23N3O3. The molecule has 0 N–H and O–H groups in total. The van der Waals surface area contributed by atoms with Crippen LogP contribution in [-0.4, -0.2) is 27.7 Å². The second-order valence-electron chi connectivity index (χ2n) is 7.56. The molecule has 0 radical (unpaired) electrons. The summed E-state index contributed by atoms with van der Waals surface area (Å²) in [5.74, 6) is 2.19. The summed E-state index contributed by atoms with van der Waals surface area (Å²) in [6, 6.07) is 24.1. The van der Waals surface area contributed by atoms with Crippen LogP contribution in [0, 0.1) is 11.1 Å². The fraction of sp³-hybridized carbons (Fsp3) is 0.160. The van der Waals surface area contributed by atoms with Crippen LogP contribution < -0.4 is 4.74 Å². The highest BCUT2D eigenvalue weighted by molar-refractivity contribution is 5.77. The standard InChI is InChI=1S/C25H23N3O3/c1-18(2)17-30-23-14-8-19(9-15-23)16-28(29)22-12-10-21(11-13-22)25-26-24(27-31-25)20-6-4-3-5-7-20/h3-16,18H,17H2,1-2H3/b28-16-. The van der Waals surface area contributed by atoms with E-state index in [1.165, 1.54) is 6.21 Å². The van der Waals surface area contributed by atoms with Crippen molar-refractivity contribution in [3.8, 4) is 28.6 Å². The quantitative estimate of drug-likeness (QED) is 0.168. The van der Waals surface area contributed by atoms with Gasteiger partial charge < -0.3 is 14.5 Å². The van der Waals surface area contributed by atoms with Gasteiger partial charge in [-0.1, -0.05) is 49.3 Å². The Hall–Kier alpha value is -3.93. The second kappa shape index (κ2) is 9.26. The first-order valence-electron chi connectivity index (χ1n) is 10.1. The average molecular weight is 413 g/mol. The van der Waals surface area contributed by atoms with E-state index in [1.807, 2.05) is 54.6 Å². The summed E-state index contributed by atoms with van der Waals surface area (Å²) in [6.07, 6.45) is 1.53. The topological polar surface area (TPSA) is 74.2 Å². The molecule has 0 bridgehead atoms. The van der Waals surface area contributed by atoms with Gasteiger partial charge in [-0.25, -0.2) is 0 Å². The van der Waals surface area contributed by atoms with Crippen molar-refractivity contribution in [1.82, 2.24) is 10.1 Å². The molecule has 0 aliphatic heterocycles. The Morgan fingerprint density at radius 2 is 1.65 bits per heavy atom. The highest BCUT2D eigenvalue weighted by Crippen LogP contribution is 2.24. The number of hydrogen-bond acceptors (Lipinski definition) is 5. The Labute approximate surface area is 181 Å². The molecule has 3 aromatic carbocycles. The van der Waals surface area contributed by atoms with Gasteiger partial charge >= 0.3 is 0 Å². The minimum atomic E-state index is 0.406. The molecule has 0 aliphatic rings. The lowest BCUT2D eigenvalue weighted by Gasteiger charge is -2.08. The van der Waals surface area contributed by atoms with Crippen molar-refractivity contribution in [3.63, 3.8) is 0 Å². The first-order chi connectivity index (χ1) is 15.1. The van der Waals surface area contributed by atoms with Crippen molar-refractivity contribution in [1.29, 1.82) is 0 Å². The van der Waals surface area contributed by atoms with Gasteiger partial charge in [-0.15, -0.1) is 0 Å². The van der Waals surface area contributed by atoms with Gasteiger partial charge in [0.2, 0.25) is 11.5 Å². The summed E-state index contributed by atoms with van der Waals surface area (Å²) in [5, 5.41) is 16.6. The minimum absolute atomic E-state index is 0.406. The molecule has 6 nitrogen and oxygen atoms in total. The molecule has 0 saturated heterocycles. The Bertz CT molecular complexity index is 1150. The van der Waals surface area contributed by atoms with Crippen LogP contribution in [0.15, 0.2) is 83.4 Å². The van der Waals surface area contributed by atoms with Gasteiger partial charge in [0.05, 0.1) is 6.61 Å². The van der Waals surface area contributed by atoms with Gasteiger partial charge in [0.1, 0.15) is 5.75 Å². The smallest absolute Gasteiger partial charge is 0.258 e. The van der Waals surface area contributed by atoms with Crippen LogP contribution in [0.1, 0.15) is 19.4 Å². The predicted octanol–water partition coefficient (Wildman–Crippen LogP) is 5.70. The van der Waals surface area contributed by atoms with E-state index < -0.39 is 0 Å². The SMILES string of the molecule is CC(C)COc1ccc(/C=[N+](\[O-])c2ccc(-c3nc(-c4ccccc4)no3)cc2)cc1. The maximum Gasteiger partial charge on any atom is 0.258 e. The Kier molecular flexibility index (Phi) is 6.08. The highest BCUT2D eigenvalue weighted by Gasteiger charge is 2.11. The van der Waals surface area contributed by atoms with Crippen LogP contribution >= 0.6 is 0 Å². The number of aromatic nitrogens is 2. The van der Waals surface area contributed by atoms with Crippen molar-refractivity contribution < 1.29 is 14.0 Å². The zero-order chi connectivity index (χ0) is 21.6. The van der Waals surface area contributed by atoms with Crippen LogP contribution in [-0.2, 0) is 0 Å². The van der Waals surface area contributed by atoms with Gasteiger partial charge in [0, 0.05) is 28.8 Å². The molecule has 6 heteroatoms. The molecule has 0 unspecified atom stereocenters. The molecule has 31 heavy (non-hydrogen) atoms. The van der Waals surface area contributed by atoms with Gasteiger partial charge in [0.25, 0.3) is 5.89 Å². The Morgan fingerprint density at radius 3 is 2.32 bits per heavy atom. The van der Waals surface area contributed by atoms with Gasteiger partial charge in [-0.2, -0.15) is 9.72 Å². The molecule has 0 fully saturated rings. The van der Waals surface area contributed by atoms with E-state index in [-0.39, 0.29) is 0 Å². The summed E-state index contributed by atoms with van der Waals surface area (Å²) in [4.78, 5) is 4.44. The zero-order valence-corrected chi connectivity index (χ0v) is 17.4. The number of rotatable bonds is 7. The number of nitrogens with zero attached hydrogens (tertiary/aromatic N) is 3. The fourth-order valence-corrected chi connectivity index (χ4v) is 2.92. The highest BCUT2D eigenvalue weighted by atomic mass is 16.5. The van der Waals surface area contributed by atoms with Crippen LogP contribution in [0.4, 0.5) is 5.69 Å². The summed E-state index contributed by atoms with van der Waals surface area (Å²) >= 11 is 0.